The van der Waals surface area contributed by atoms with Crippen LogP contribution in [0, 0.1) is 18.8 Å². The van der Waals surface area contributed by atoms with Gasteiger partial charge in [0.1, 0.15) is 6.04 Å². The first-order valence-electron chi connectivity index (χ1n) is 8.02. The molecule has 0 heterocycles. The number of hydrogen-bond acceptors (Lipinski definition) is 4. The lowest BCUT2D eigenvalue weighted by Crippen LogP contribution is -2.41. The number of ether oxygens (including phenoxy) is 1. The second kappa shape index (κ2) is 10.0. The molecule has 0 saturated carbocycles. The average Bonchev–Trinajstić information content (AvgIpc) is 2.56. The van der Waals surface area contributed by atoms with Crippen molar-refractivity contribution in [3.05, 3.63) is 41.5 Å². The van der Waals surface area contributed by atoms with E-state index in [1.54, 1.807) is 12.1 Å². The van der Waals surface area contributed by atoms with Crippen molar-refractivity contribution in [3.63, 3.8) is 0 Å². The molecule has 0 saturated heterocycles. The minimum absolute atomic E-state index is 0.0621. The highest BCUT2D eigenvalue weighted by Crippen LogP contribution is 2.11. The van der Waals surface area contributed by atoms with Gasteiger partial charge in [0.2, 0.25) is 10.0 Å². The molecule has 0 radical (unpaired) electrons. The summed E-state index contributed by atoms with van der Waals surface area (Å²) in [6, 6.07) is 5.36. The highest BCUT2D eigenvalue weighted by atomic mass is 32.2. The van der Waals surface area contributed by atoms with Crippen molar-refractivity contribution in [1.82, 2.24) is 4.72 Å². The SMILES string of the molecule is COC(=O)C(CC#CCCC=C(C)C)NS(=O)(=O)c1ccc(C)cc1. The Morgan fingerprint density at radius 2 is 1.88 bits per heavy atom. The summed E-state index contributed by atoms with van der Waals surface area (Å²) in [5, 5.41) is 0. The number of carbonyl (C=O) groups is 1. The Kier molecular flexibility index (Phi) is 8.39. The first-order valence-corrected chi connectivity index (χ1v) is 9.50. The van der Waals surface area contributed by atoms with Gasteiger partial charge in [0.05, 0.1) is 12.0 Å². The van der Waals surface area contributed by atoms with Crippen LogP contribution in [0.25, 0.3) is 0 Å². The smallest absolute Gasteiger partial charge is 0.324 e. The number of rotatable bonds is 7. The van der Waals surface area contributed by atoms with Gasteiger partial charge in [-0.3, -0.25) is 4.79 Å². The van der Waals surface area contributed by atoms with Crippen molar-refractivity contribution in [3.8, 4) is 11.8 Å². The maximum absolute atomic E-state index is 12.4. The molecule has 1 N–H and O–H groups in total. The maximum atomic E-state index is 12.4. The number of esters is 1. The lowest BCUT2D eigenvalue weighted by Gasteiger charge is -2.14. The molecule has 6 heteroatoms. The van der Waals surface area contributed by atoms with E-state index < -0.39 is 22.0 Å². The van der Waals surface area contributed by atoms with Crippen molar-refractivity contribution in [2.75, 3.05) is 7.11 Å². The molecule has 0 aliphatic rings. The Labute approximate surface area is 150 Å². The van der Waals surface area contributed by atoms with Crippen molar-refractivity contribution < 1.29 is 17.9 Å². The number of nitrogens with one attached hydrogen (secondary N) is 1. The second-order valence-corrected chi connectivity index (χ2v) is 7.60. The van der Waals surface area contributed by atoms with Crippen LogP contribution in [0.3, 0.4) is 0 Å². The van der Waals surface area contributed by atoms with Crippen LogP contribution in [0.15, 0.2) is 40.8 Å². The van der Waals surface area contributed by atoms with Gasteiger partial charge < -0.3 is 4.74 Å². The lowest BCUT2D eigenvalue weighted by atomic mass is 10.2. The van der Waals surface area contributed by atoms with Crippen molar-refractivity contribution in [2.45, 2.75) is 51.0 Å². The summed E-state index contributed by atoms with van der Waals surface area (Å²) in [6.07, 6.45) is 3.62. The van der Waals surface area contributed by atoms with Crippen molar-refractivity contribution in [1.29, 1.82) is 0 Å². The summed E-state index contributed by atoms with van der Waals surface area (Å²) in [4.78, 5) is 12.0. The van der Waals surface area contributed by atoms with Crippen LogP contribution < -0.4 is 4.72 Å². The molecule has 0 aromatic heterocycles. The van der Waals surface area contributed by atoms with E-state index in [9.17, 15) is 13.2 Å². The van der Waals surface area contributed by atoms with E-state index >= 15 is 0 Å². The third-order valence-electron chi connectivity index (χ3n) is 3.37. The number of methoxy groups -OCH3 is 1. The van der Waals surface area contributed by atoms with Gasteiger partial charge in [0.15, 0.2) is 0 Å². The fourth-order valence-corrected chi connectivity index (χ4v) is 3.17. The molecule has 0 amide bonds. The molecule has 1 atom stereocenters. The summed E-state index contributed by atoms with van der Waals surface area (Å²) < 4.78 is 31.9. The standard InChI is InChI=1S/C19H25NO4S/c1-15(2)9-7-5-6-8-10-18(19(21)24-4)20-25(22,23)17-13-11-16(3)12-14-17/h9,11-14,18,20H,5,7,10H2,1-4H3. The Balaban J connectivity index is 2.79. The Morgan fingerprint density at radius 1 is 1.24 bits per heavy atom. The predicted molar refractivity (Wildman–Crippen MR) is 98.4 cm³/mol. The van der Waals surface area contributed by atoms with Crippen LogP contribution in [-0.4, -0.2) is 27.5 Å². The summed E-state index contributed by atoms with van der Waals surface area (Å²) in [7, 11) is -2.60. The zero-order valence-corrected chi connectivity index (χ0v) is 15.9. The summed E-state index contributed by atoms with van der Waals surface area (Å²) in [5.74, 6) is 5.14. The van der Waals surface area contributed by atoms with Gasteiger partial charge in [-0.25, -0.2) is 8.42 Å². The highest BCUT2D eigenvalue weighted by Gasteiger charge is 2.25. The molecule has 0 bridgehead atoms. The molecule has 0 aliphatic carbocycles. The van der Waals surface area contributed by atoms with Gasteiger partial charge in [0, 0.05) is 12.8 Å². The van der Waals surface area contributed by atoms with E-state index in [4.69, 9.17) is 0 Å². The normalized spacial score (nSPS) is 11.8. The molecule has 1 rings (SSSR count). The largest absolute Gasteiger partial charge is 0.468 e. The summed E-state index contributed by atoms with van der Waals surface area (Å²) in [6.45, 7) is 5.90. The topological polar surface area (TPSA) is 72.5 Å². The van der Waals surface area contributed by atoms with Gasteiger partial charge in [-0.15, -0.1) is 11.8 Å². The fraction of sp³-hybridized carbons (Fsp3) is 0.421. The van der Waals surface area contributed by atoms with E-state index in [1.807, 2.05) is 20.8 Å². The van der Waals surface area contributed by atoms with Gasteiger partial charge in [-0.2, -0.15) is 4.72 Å². The van der Waals surface area contributed by atoms with Crippen LogP contribution >= 0.6 is 0 Å². The average molecular weight is 363 g/mol. The molecule has 0 fully saturated rings. The second-order valence-electron chi connectivity index (χ2n) is 5.89. The fourth-order valence-electron chi connectivity index (χ4n) is 1.98. The van der Waals surface area contributed by atoms with E-state index in [0.29, 0.717) is 6.42 Å². The number of carbonyl (C=O) groups excluding carboxylic acids is 1. The summed E-state index contributed by atoms with van der Waals surface area (Å²) in [5.41, 5.74) is 2.17. The zero-order chi connectivity index (χ0) is 18.9. The Morgan fingerprint density at radius 3 is 2.44 bits per heavy atom. The Bertz CT molecular complexity index is 764. The monoisotopic (exact) mass is 363 g/mol. The molecule has 1 aromatic rings. The maximum Gasteiger partial charge on any atom is 0.324 e. The third kappa shape index (κ3) is 7.55. The zero-order valence-electron chi connectivity index (χ0n) is 15.1. The van der Waals surface area contributed by atoms with E-state index in [2.05, 4.69) is 27.4 Å². The summed E-state index contributed by atoms with van der Waals surface area (Å²) >= 11 is 0. The lowest BCUT2D eigenvalue weighted by molar-refractivity contribution is -0.142. The molecule has 0 spiro atoms. The molecular weight excluding hydrogens is 338 g/mol. The first-order chi connectivity index (χ1) is 11.8. The number of sulfonamides is 1. The van der Waals surface area contributed by atoms with Gasteiger partial charge in [-0.1, -0.05) is 29.3 Å². The number of unbranched alkanes of at least 4 members (excludes halogenated alkanes) is 1. The van der Waals surface area contributed by atoms with E-state index in [1.165, 1.54) is 24.8 Å². The Hall–Kier alpha value is -2.10. The molecule has 25 heavy (non-hydrogen) atoms. The van der Waals surface area contributed by atoms with Crippen LogP contribution in [0.1, 0.15) is 38.7 Å². The quantitative estimate of drug-likeness (QED) is 0.350. The molecule has 1 aromatic carbocycles. The predicted octanol–water partition coefficient (Wildman–Crippen LogP) is 2.95. The number of aryl methyl sites for hydroxylation is 1. The number of allylic oxidation sites excluding steroid dienone is 2. The van der Waals surface area contributed by atoms with Gasteiger partial charge in [0.25, 0.3) is 0 Å². The minimum Gasteiger partial charge on any atom is -0.468 e. The molecular formula is C19H25NO4S. The first kappa shape index (κ1) is 20.9. The van der Waals surface area contributed by atoms with Crippen LogP contribution in [-0.2, 0) is 19.6 Å². The van der Waals surface area contributed by atoms with E-state index in [0.717, 1.165) is 12.0 Å². The molecule has 1 unspecified atom stereocenters. The molecule has 5 nitrogen and oxygen atoms in total. The van der Waals surface area contributed by atoms with Crippen molar-refractivity contribution in [2.24, 2.45) is 0 Å². The third-order valence-corrected chi connectivity index (χ3v) is 4.86. The number of benzene rings is 1. The molecule has 136 valence electrons. The van der Waals surface area contributed by atoms with E-state index in [-0.39, 0.29) is 11.3 Å². The van der Waals surface area contributed by atoms with Crippen LogP contribution in [0.5, 0.6) is 0 Å². The van der Waals surface area contributed by atoms with Crippen molar-refractivity contribution >= 4 is 16.0 Å². The van der Waals surface area contributed by atoms with Crippen LogP contribution in [0.2, 0.25) is 0 Å². The minimum atomic E-state index is -3.82. The van der Waals surface area contributed by atoms with Crippen LogP contribution in [0.4, 0.5) is 0 Å². The number of hydrogen-bond donors (Lipinski definition) is 1. The van der Waals surface area contributed by atoms with Gasteiger partial charge in [-0.05, 0) is 39.3 Å². The molecule has 0 aliphatic heterocycles. The van der Waals surface area contributed by atoms with Gasteiger partial charge >= 0.3 is 5.97 Å². The highest BCUT2D eigenvalue weighted by molar-refractivity contribution is 7.89.